The number of aromatic nitrogens is 1. The highest BCUT2D eigenvalue weighted by molar-refractivity contribution is 7.89. The van der Waals surface area contributed by atoms with Gasteiger partial charge in [0.2, 0.25) is 10.0 Å². The number of thiazole rings is 1. The summed E-state index contributed by atoms with van der Waals surface area (Å²) in [5.74, 6) is 0.329. The summed E-state index contributed by atoms with van der Waals surface area (Å²) in [7, 11) is -2.06. The van der Waals surface area contributed by atoms with E-state index in [2.05, 4.69) is 18.7 Å². The Bertz CT molecular complexity index is 1320. The highest BCUT2D eigenvalue weighted by Gasteiger charge is 2.26. The number of halogens is 2. The van der Waals surface area contributed by atoms with Gasteiger partial charge in [-0.3, -0.25) is 9.69 Å². The second-order valence-corrected chi connectivity index (χ2v) is 12.2. The standard InChI is InChI=1S/C27H37ClN4O4S2.ClH/c1-6-16-31(17-7-2)38(34,35)21-12-10-20(11-13-21)26(33)32(19-18-30(8-3)9-4)27-29-24-23(36-5)15-14-22(28)25(24)37-27;/h10-15H,6-9,16-19H2,1-5H3;1H. The van der Waals surface area contributed by atoms with E-state index >= 15 is 0 Å². The predicted octanol–water partition coefficient (Wildman–Crippen LogP) is 6.18. The Balaban J connectivity index is 0.00000533. The van der Waals surface area contributed by atoms with Crippen LogP contribution < -0.4 is 9.64 Å². The lowest BCUT2D eigenvalue weighted by atomic mass is 10.2. The molecule has 0 bridgehead atoms. The molecule has 2 aromatic carbocycles. The molecule has 0 N–H and O–H groups in total. The molecule has 0 radical (unpaired) electrons. The summed E-state index contributed by atoms with van der Waals surface area (Å²) < 4.78 is 34.1. The number of carbonyl (C=O) groups excluding carboxylic acids is 1. The maximum atomic E-state index is 13.8. The van der Waals surface area contributed by atoms with Crippen molar-refractivity contribution in [2.45, 2.75) is 45.4 Å². The smallest absolute Gasteiger partial charge is 0.260 e. The molecule has 39 heavy (non-hydrogen) atoms. The molecule has 0 fully saturated rings. The SMILES string of the molecule is CCCN(CCC)S(=O)(=O)c1ccc(C(=O)N(CCN(CC)CC)c2nc3c(OC)ccc(Cl)c3s2)cc1.Cl. The number of ether oxygens (including phenoxy) is 1. The van der Waals surface area contributed by atoms with Gasteiger partial charge in [0.1, 0.15) is 11.3 Å². The number of hydrogen-bond donors (Lipinski definition) is 0. The number of sulfonamides is 1. The Morgan fingerprint density at radius 3 is 2.10 bits per heavy atom. The second-order valence-electron chi connectivity index (χ2n) is 8.84. The van der Waals surface area contributed by atoms with Crippen molar-refractivity contribution in [3.8, 4) is 5.75 Å². The lowest BCUT2D eigenvalue weighted by molar-refractivity contribution is 0.0983. The Morgan fingerprint density at radius 2 is 1.56 bits per heavy atom. The van der Waals surface area contributed by atoms with Gasteiger partial charge in [-0.05, 0) is 62.3 Å². The minimum atomic E-state index is -3.64. The van der Waals surface area contributed by atoms with E-state index in [9.17, 15) is 13.2 Å². The highest BCUT2D eigenvalue weighted by atomic mass is 35.5. The molecule has 216 valence electrons. The number of likely N-dealkylation sites (N-methyl/N-ethyl adjacent to an activating group) is 1. The van der Waals surface area contributed by atoms with E-state index in [-0.39, 0.29) is 23.2 Å². The number of methoxy groups -OCH3 is 1. The van der Waals surface area contributed by atoms with E-state index < -0.39 is 10.0 Å². The fourth-order valence-corrected chi connectivity index (χ4v) is 7.12. The Hall–Kier alpha value is -1.95. The molecule has 3 aromatic rings. The average Bonchev–Trinajstić information content (AvgIpc) is 3.37. The summed E-state index contributed by atoms with van der Waals surface area (Å²) in [6, 6.07) is 9.71. The van der Waals surface area contributed by atoms with Gasteiger partial charge in [-0.1, -0.05) is 50.6 Å². The number of hydrogen-bond acceptors (Lipinski definition) is 7. The fourth-order valence-electron chi connectivity index (χ4n) is 4.21. The zero-order chi connectivity index (χ0) is 27.9. The zero-order valence-electron chi connectivity index (χ0n) is 23.1. The number of carbonyl (C=O) groups is 1. The molecule has 0 aliphatic rings. The van der Waals surface area contributed by atoms with Gasteiger partial charge in [-0.15, -0.1) is 12.4 Å². The summed E-state index contributed by atoms with van der Waals surface area (Å²) in [5.41, 5.74) is 0.993. The maximum absolute atomic E-state index is 13.8. The van der Waals surface area contributed by atoms with E-state index in [4.69, 9.17) is 21.3 Å². The normalized spacial score (nSPS) is 11.7. The molecule has 12 heteroatoms. The summed E-state index contributed by atoms with van der Waals surface area (Å²) in [6.45, 7) is 11.8. The molecule has 0 aliphatic heterocycles. The molecular formula is C27H38Cl2N4O4S2. The van der Waals surface area contributed by atoms with Crippen LogP contribution in [0.15, 0.2) is 41.3 Å². The van der Waals surface area contributed by atoms with E-state index in [1.165, 1.54) is 27.8 Å². The van der Waals surface area contributed by atoms with Crippen LogP contribution in [0.1, 0.15) is 50.9 Å². The number of anilines is 1. The van der Waals surface area contributed by atoms with Crippen LogP contribution in [0.25, 0.3) is 10.2 Å². The number of amides is 1. The van der Waals surface area contributed by atoms with Gasteiger partial charge in [-0.25, -0.2) is 13.4 Å². The first kappa shape index (κ1) is 33.3. The van der Waals surface area contributed by atoms with E-state index in [1.54, 1.807) is 36.3 Å². The van der Waals surface area contributed by atoms with Gasteiger partial charge in [0.05, 0.1) is 21.7 Å². The number of benzene rings is 2. The van der Waals surface area contributed by atoms with Gasteiger partial charge < -0.3 is 9.64 Å². The fraction of sp³-hybridized carbons (Fsp3) is 0.481. The van der Waals surface area contributed by atoms with Crippen LogP contribution in [0.4, 0.5) is 5.13 Å². The first-order chi connectivity index (χ1) is 18.2. The van der Waals surface area contributed by atoms with Gasteiger partial charge in [0, 0.05) is 31.7 Å². The third kappa shape index (κ3) is 7.62. The van der Waals surface area contributed by atoms with Crippen molar-refractivity contribution in [1.82, 2.24) is 14.2 Å². The van der Waals surface area contributed by atoms with Gasteiger partial charge in [-0.2, -0.15) is 4.31 Å². The Kier molecular flexibility index (Phi) is 12.9. The van der Waals surface area contributed by atoms with Gasteiger partial charge >= 0.3 is 0 Å². The van der Waals surface area contributed by atoms with Crippen molar-refractivity contribution in [2.24, 2.45) is 0 Å². The third-order valence-corrected chi connectivity index (χ3v) is 9.81. The number of fused-ring (bicyclic) bond motifs is 1. The quantitative estimate of drug-likeness (QED) is 0.215. The van der Waals surface area contributed by atoms with Crippen LogP contribution in [0.2, 0.25) is 5.02 Å². The van der Waals surface area contributed by atoms with Crippen molar-refractivity contribution >= 4 is 66.6 Å². The largest absolute Gasteiger partial charge is 0.494 e. The van der Waals surface area contributed by atoms with Crippen LogP contribution >= 0.6 is 35.3 Å². The molecule has 0 aliphatic carbocycles. The summed E-state index contributed by atoms with van der Waals surface area (Å²) in [4.78, 5) is 22.6. The average molecular weight is 618 g/mol. The molecule has 1 amide bonds. The molecule has 0 atom stereocenters. The van der Waals surface area contributed by atoms with Gasteiger partial charge in [0.15, 0.2) is 5.13 Å². The van der Waals surface area contributed by atoms with Crippen molar-refractivity contribution < 1.29 is 17.9 Å². The van der Waals surface area contributed by atoms with Crippen LogP contribution in [-0.4, -0.2) is 74.9 Å². The molecule has 0 saturated carbocycles. The van der Waals surface area contributed by atoms with Crippen molar-refractivity contribution in [1.29, 1.82) is 0 Å². The first-order valence-corrected chi connectivity index (χ1v) is 15.6. The van der Waals surface area contributed by atoms with Crippen LogP contribution in [0.3, 0.4) is 0 Å². The molecule has 0 saturated heterocycles. The number of rotatable bonds is 14. The molecule has 1 aromatic heterocycles. The van der Waals surface area contributed by atoms with E-state index in [0.717, 1.165) is 30.6 Å². The Morgan fingerprint density at radius 1 is 0.949 bits per heavy atom. The minimum Gasteiger partial charge on any atom is -0.494 e. The first-order valence-electron chi connectivity index (χ1n) is 13.0. The van der Waals surface area contributed by atoms with E-state index in [0.29, 0.717) is 53.2 Å². The molecular weight excluding hydrogens is 579 g/mol. The van der Waals surface area contributed by atoms with Crippen LogP contribution in [0, 0.1) is 0 Å². The zero-order valence-corrected chi connectivity index (χ0v) is 26.4. The highest BCUT2D eigenvalue weighted by Crippen LogP contribution is 2.39. The second kappa shape index (κ2) is 15.2. The lowest BCUT2D eigenvalue weighted by Gasteiger charge is -2.25. The molecule has 0 unspecified atom stereocenters. The lowest BCUT2D eigenvalue weighted by Crippen LogP contribution is -2.39. The monoisotopic (exact) mass is 616 g/mol. The summed E-state index contributed by atoms with van der Waals surface area (Å²) in [6.07, 6.45) is 1.46. The van der Waals surface area contributed by atoms with Crippen molar-refractivity contribution in [2.75, 3.05) is 51.3 Å². The molecule has 0 spiro atoms. The minimum absolute atomic E-state index is 0. The van der Waals surface area contributed by atoms with Crippen LogP contribution in [-0.2, 0) is 10.0 Å². The third-order valence-electron chi connectivity index (χ3n) is 6.36. The summed E-state index contributed by atoms with van der Waals surface area (Å²) in [5, 5.41) is 1.05. The van der Waals surface area contributed by atoms with Gasteiger partial charge in [0.25, 0.3) is 5.91 Å². The molecule has 3 rings (SSSR count). The predicted molar refractivity (Wildman–Crippen MR) is 164 cm³/mol. The van der Waals surface area contributed by atoms with Crippen LogP contribution in [0.5, 0.6) is 5.75 Å². The van der Waals surface area contributed by atoms with Crippen molar-refractivity contribution in [3.05, 3.63) is 47.0 Å². The Labute approximate surface area is 247 Å². The maximum Gasteiger partial charge on any atom is 0.260 e. The molecule has 8 nitrogen and oxygen atoms in total. The topological polar surface area (TPSA) is 83.1 Å². The molecule has 1 heterocycles. The summed E-state index contributed by atoms with van der Waals surface area (Å²) >= 11 is 7.78. The van der Waals surface area contributed by atoms with E-state index in [1.807, 2.05) is 13.8 Å². The van der Waals surface area contributed by atoms with Crippen molar-refractivity contribution in [3.63, 3.8) is 0 Å². The number of nitrogens with zero attached hydrogens (tertiary/aromatic N) is 4.